The monoisotopic (exact) mass is 881 g/mol. The van der Waals surface area contributed by atoms with Gasteiger partial charge in [-0.2, -0.15) is 0 Å². The average molecular weight is 881 g/mol. The maximum Gasteiger partial charge on any atom is 0.306 e. The Morgan fingerprint density at radius 3 is 0.984 bits per heavy atom. The van der Waals surface area contributed by atoms with Gasteiger partial charge >= 0.3 is 17.9 Å². The van der Waals surface area contributed by atoms with E-state index in [0.717, 1.165) is 64.2 Å². The highest BCUT2D eigenvalue weighted by atomic mass is 16.6. The summed E-state index contributed by atoms with van der Waals surface area (Å²) in [4.78, 5) is 37.9. The van der Waals surface area contributed by atoms with Crippen molar-refractivity contribution in [3.63, 3.8) is 0 Å². The molecular formula is C57H100O6. The Morgan fingerprint density at radius 1 is 0.317 bits per heavy atom. The molecule has 0 saturated heterocycles. The predicted octanol–water partition coefficient (Wildman–Crippen LogP) is 17.6. The highest BCUT2D eigenvalue weighted by Crippen LogP contribution is 2.15. The van der Waals surface area contributed by atoms with Gasteiger partial charge in [0.2, 0.25) is 0 Å². The minimum atomic E-state index is -0.799. The number of carbonyl (C=O) groups is 3. The van der Waals surface area contributed by atoms with Crippen molar-refractivity contribution >= 4 is 17.9 Å². The smallest absolute Gasteiger partial charge is 0.306 e. The third kappa shape index (κ3) is 50.0. The second kappa shape index (κ2) is 51.7. The third-order valence-corrected chi connectivity index (χ3v) is 11.5. The molecule has 0 N–H and O–H groups in total. The van der Waals surface area contributed by atoms with Crippen molar-refractivity contribution in [2.24, 2.45) is 0 Å². The molecule has 63 heavy (non-hydrogen) atoms. The van der Waals surface area contributed by atoms with Crippen LogP contribution in [0.4, 0.5) is 0 Å². The summed E-state index contributed by atoms with van der Waals surface area (Å²) in [6.45, 7) is 6.56. The molecule has 0 aromatic heterocycles. The maximum absolute atomic E-state index is 12.8. The van der Waals surface area contributed by atoms with E-state index in [0.29, 0.717) is 19.3 Å². The molecule has 0 fully saturated rings. The Hall–Kier alpha value is -2.89. The first-order valence-corrected chi connectivity index (χ1v) is 26.8. The molecule has 364 valence electrons. The van der Waals surface area contributed by atoms with Gasteiger partial charge in [-0.15, -0.1) is 0 Å². The van der Waals surface area contributed by atoms with Crippen molar-refractivity contribution in [1.82, 2.24) is 0 Å². The number of hydrogen-bond acceptors (Lipinski definition) is 6. The topological polar surface area (TPSA) is 78.9 Å². The largest absolute Gasteiger partial charge is 0.462 e. The summed E-state index contributed by atoms with van der Waals surface area (Å²) < 4.78 is 16.7. The lowest BCUT2D eigenvalue weighted by Crippen LogP contribution is -2.30. The van der Waals surface area contributed by atoms with Crippen molar-refractivity contribution in [2.75, 3.05) is 13.2 Å². The van der Waals surface area contributed by atoms with Gasteiger partial charge in [0.25, 0.3) is 0 Å². The van der Waals surface area contributed by atoms with Crippen molar-refractivity contribution in [3.05, 3.63) is 60.8 Å². The predicted molar refractivity (Wildman–Crippen MR) is 270 cm³/mol. The highest BCUT2D eigenvalue weighted by Gasteiger charge is 2.19. The Kier molecular flexibility index (Phi) is 49.4. The molecule has 0 radical (unpaired) electrons. The molecule has 0 spiro atoms. The second-order valence-corrected chi connectivity index (χ2v) is 17.8. The van der Waals surface area contributed by atoms with E-state index in [1.165, 1.54) is 154 Å². The van der Waals surface area contributed by atoms with Crippen LogP contribution >= 0.6 is 0 Å². The van der Waals surface area contributed by atoms with Crippen molar-refractivity contribution < 1.29 is 28.6 Å². The quantitative estimate of drug-likeness (QED) is 0.0262. The lowest BCUT2D eigenvalue weighted by atomic mass is 10.0. The van der Waals surface area contributed by atoms with E-state index in [-0.39, 0.29) is 37.5 Å². The maximum atomic E-state index is 12.8. The number of unbranched alkanes of at least 4 members (excludes halogenated alkanes) is 27. The van der Waals surface area contributed by atoms with E-state index in [1.54, 1.807) is 0 Å². The van der Waals surface area contributed by atoms with Crippen molar-refractivity contribution in [1.29, 1.82) is 0 Å². The van der Waals surface area contributed by atoms with Gasteiger partial charge in [-0.1, -0.05) is 248 Å². The first kappa shape index (κ1) is 60.1. The Bertz CT molecular complexity index is 1150. The van der Waals surface area contributed by atoms with E-state index in [2.05, 4.69) is 75.5 Å². The molecule has 6 nitrogen and oxygen atoms in total. The Morgan fingerprint density at radius 2 is 0.603 bits per heavy atom. The lowest BCUT2D eigenvalue weighted by molar-refractivity contribution is -0.166. The van der Waals surface area contributed by atoms with Crippen LogP contribution in [0, 0.1) is 0 Å². The van der Waals surface area contributed by atoms with Crippen LogP contribution in [0.25, 0.3) is 0 Å². The van der Waals surface area contributed by atoms with E-state index < -0.39 is 6.10 Å². The van der Waals surface area contributed by atoms with Crippen molar-refractivity contribution in [2.45, 2.75) is 271 Å². The fraction of sp³-hybridized carbons (Fsp3) is 0.772. The van der Waals surface area contributed by atoms with E-state index in [9.17, 15) is 14.4 Å². The summed E-state index contributed by atoms with van der Waals surface area (Å²) in [5.74, 6) is -0.972. The molecule has 0 aliphatic rings. The van der Waals surface area contributed by atoms with Gasteiger partial charge in [0.1, 0.15) is 13.2 Å². The van der Waals surface area contributed by atoms with Crippen LogP contribution in [0.1, 0.15) is 265 Å². The average Bonchev–Trinajstić information content (AvgIpc) is 3.28. The zero-order valence-corrected chi connectivity index (χ0v) is 41.6. The number of carbonyl (C=O) groups excluding carboxylic acids is 3. The highest BCUT2D eigenvalue weighted by molar-refractivity contribution is 5.71. The number of allylic oxidation sites excluding steroid dienone is 10. The van der Waals surface area contributed by atoms with Crippen LogP contribution in [0.3, 0.4) is 0 Å². The third-order valence-electron chi connectivity index (χ3n) is 11.5. The van der Waals surface area contributed by atoms with Gasteiger partial charge in [0.15, 0.2) is 6.10 Å². The lowest BCUT2D eigenvalue weighted by Gasteiger charge is -2.18. The van der Waals surface area contributed by atoms with Crippen LogP contribution in [-0.2, 0) is 28.6 Å². The van der Waals surface area contributed by atoms with Gasteiger partial charge < -0.3 is 14.2 Å². The van der Waals surface area contributed by atoms with Gasteiger partial charge in [-0.05, 0) is 57.8 Å². The second-order valence-electron chi connectivity index (χ2n) is 17.8. The first-order valence-electron chi connectivity index (χ1n) is 26.8. The zero-order chi connectivity index (χ0) is 45.8. The Labute approximate surface area is 390 Å². The molecule has 0 aromatic carbocycles. The number of ether oxygens (including phenoxy) is 3. The summed E-state index contributed by atoms with van der Waals surface area (Å²) in [5, 5.41) is 0. The zero-order valence-electron chi connectivity index (χ0n) is 41.6. The summed E-state index contributed by atoms with van der Waals surface area (Å²) >= 11 is 0. The van der Waals surface area contributed by atoms with Crippen LogP contribution < -0.4 is 0 Å². The fourth-order valence-corrected chi connectivity index (χ4v) is 7.48. The van der Waals surface area contributed by atoms with E-state index in [4.69, 9.17) is 14.2 Å². The summed E-state index contributed by atoms with van der Waals surface area (Å²) in [7, 11) is 0. The summed E-state index contributed by atoms with van der Waals surface area (Å²) in [6.07, 6.45) is 63.6. The molecule has 0 heterocycles. The molecular weight excluding hydrogens is 781 g/mol. The first-order chi connectivity index (χ1) is 31.0. The van der Waals surface area contributed by atoms with E-state index in [1.807, 2.05) is 6.08 Å². The standard InChI is InChI=1S/C57H100O6/c1-4-7-10-13-16-19-22-24-26-27-28-29-31-32-35-38-41-44-47-50-56(59)62-53-54(52-61-55(58)49-46-43-40-37-34-21-18-15-12-9-6-3)63-57(60)51-48-45-42-39-36-33-30-25-23-20-17-14-11-8-5-2/h16,19,24,26,28-29,32,35,41,44,54H,4-15,17-18,20-23,25,27,30-31,33-34,36-40,42-43,45-53H2,1-3H3/b19-16-,26-24-,29-28-,35-32-,44-41-/t54-/m0/s1. The number of rotatable bonds is 48. The normalized spacial score (nSPS) is 12.5. The van der Waals surface area contributed by atoms with Crippen LogP contribution in [0.15, 0.2) is 60.8 Å². The molecule has 0 unspecified atom stereocenters. The van der Waals surface area contributed by atoms with Crippen LogP contribution in [0.5, 0.6) is 0 Å². The van der Waals surface area contributed by atoms with Crippen LogP contribution in [-0.4, -0.2) is 37.2 Å². The van der Waals surface area contributed by atoms with Gasteiger partial charge in [0, 0.05) is 19.3 Å². The molecule has 0 amide bonds. The molecule has 0 aliphatic carbocycles. The van der Waals surface area contributed by atoms with Gasteiger partial charge in [-0.25, -0.2) is 0 Å². The minimum absolute atomic E-state index is 0.0935. The molecule has 0 aromatic rings. The SMILES string of the molecule is CCCCC/C=C\C/C=C\C/C=C\C/C=C\C/C=C\CCC(=O)OC[C@H](COC(=O)CCCCCCCCCCCCC)OC(=O)CCCCCCCCCCCCCCCCC. The summed E-state index contributed by atoms with van der Waals surface area (Å²) in [6, 6.07) is 0. The molecule has 0 aliphatic heterocycles. The fourth-order valence-electron chi connectivity index (χ4n) is 7.48. The van der Waals surface area contributed by atoms with Crippen molar-refractivity contribution in [3.8, 4) is 0 Å². The summed E-state index contributed by atoms with van der Waals surface area (Å²) in [5.41, 5.74) is 0. The molecule has 0 rings (SSSR count). The molecule has 0 bridgehead atoms. The number of esters is 3. The van der Waals surface area contributed by atoms with E-state index >= 15 is 0 Å². The molecule has 6 heteroatoms. The van der Waals surface area contributed by atoms with Crippen LogP contribution in [0.2, 0.25) is 0 Å². The number of hydrogen-bond donors (Lipinski definition) is 0. The minimum Gasteiger partial charge on any atom is -0.462 e. The Balaban J connectivity index is 4.45. The molecule has 0 saturated carbocycles. The van der Waals surface area contributed by atoms with Gasteiger partial charge in [-0.3, -0.25) is 14.4 Å². The molecule has 1 atom stereocenters. The van der Waals surface area contributed by atoms with Gasteiger partial charge in [0.05, 0.1) is 0 Å².